The molecule has 1 amide bonds. The SMILES string of the molecule is Cc1ccc(NC(=O)[C@@H]2CCCN(S(=O)(=O)c3c(C)noc3/C=C/c3cccs3)C2)cc1. The Morgan fingerprint density at radius 2 is 2.00 bits per heavy atom. The van der Waals surface area contributed by atoms with Crippen LogP contribution in [0.1, 0.15) is 34.7 Å². The Bertz CT molecular complexity index is 1210. The topological polar surface area (TPSA) is 92.5 Å². The maximum absolute atomic E-state index is 13.5. The molecule has 1 N–H and O–H groups in total. The number of sulfonamides is 1. The van der Waals surface area contributed by atoms with E-state index in [1.54, 1.807) is 30.4 Å². The molecule has 1 atom stereocenters. The first-order valence-electron chi connectivity index (χ1n) is 10.4. The van der Waals surface area contributed by atoms with E-state index in [9.17, 15) is 13.2 Å². The van der Waals surface area contributed by atoms with E-state index in [4.69, 9.17) is 4.52 Å². The molecule has 1 saturated heterocycles. The van der Waals surface area contributed by atoms with Crippen molar-refractivity contribution in [3.63, 3.8) is 0 Å². The second-order valence-corrected chi connectivity index (χ2v) is 10.7. The maximum Gasteiger partial charge on any atom is 0.248 e. The third-order valence-electron chi connectivity index (χ3n) is 5.45. The summed E-state index contributed by atoms with van der Waals surface area (Å²) in [6.07, 6.45) is 4.68. The summed E-state index contributed by atoms with van der Waals surface area (Å²) in [5.41, 5.74) is 2.12. The Labute approximate surface area is 191 Å². The number of nitrogens with one attached hydrogen (secondary N) is 1. The quantitative estimate of drug-likeness (QED) is 0.569. The normalized spacial score (nSPS) is 17.6. The van der Waals surface area contributed by atoms with Gasteiger partial charge in [-0.2, -0.15) is 4.31 Å². The lowest BCUT2D eigenvalue weighted by Crippen LogP contribution is -2.43. The zero-order valence-corrected chi connectivity index (χ0v) is 19.6. The lowest BCUT2D eigenvalue weighted by molar-refractivity contribution is -0.120. The van der Waals surface area contributed by atoms with Gasteiger partial charge in [0.2, 0.25) is 15.9 Å². The number of piperidine rings is 1. The fourth-order valence-corrected chi connectivity index (χ4v) is 6.12. The van der Waals surface area contributed by atoms with Crippen LogP contribution in [0.4, 0.5) is 5.69 Å². The van der Waals surface area contributed by atoms with Gasteiger partial charge in [0.25, 0.3) is 0 Å². The summed E-state index contributed by atoms with van der Waals surface area (Å²) in [5.74, 6) is -0.402. The first kappa shape index (κ1) is 22.4. The molecule has 0 unspecified atom stereocenters. The Morgan fingerprint density at radius 3 is 2.72 bits per heavy atom. The summed E-state index contributed by atoms with van der Waals surface area (Å²) in [4.78, 5) is 13.8. The van der Waals surface area contributed by atoms with Crippen molar-refractivity contribution in [2.45, 2.75) is 31.6 Å². The zero-order chi connectivity index (χ0) is 22.7. The highest BCUT2D eigenvalue weighted by Gasteiger charge is 2.36. The monoisotopic (exact) mass is 471 g/mol. The molecule has 2 aromatic heterocycles. The first-order valence-corrected chi connectivity index (χ1v) is 12.7. The van der Waals surface area contributed by atoms with Gasteiger partial charge in [0, 0.05) is 23.7 Å². The number of rotatable bonds is 6. The number of aryl methyl sites for hydroxylation is 2. The minimum absolute atomic E-state index is 0.0601. The predicted octanol–water partition coefficient (Wildman–Crippen LogP) is 4.56. The predicted molar refractivity (Wildman–Crippen MR) is 126 cm³/mol. The number of hydrogen-bond acceptors (Lipinski definition) is 6. The molecule has 0 bridgehead atoms. The molecule has 1 fully saturated rings. The molecule has 3 aromatic rings. The van der Waals surface area contributed by atoms with Crippen LogP contribution in [0.25, 0.3) is 12.2 Å². The third kappa shape index (κ3) is 4.85. The van der Waals surface area contributed by atoms with E-state index < -0.39 is 15.9 Å². The molecule has 7 nitrogen and oxygen atoms in total. The number of aromatic nitrogens is 1. The summed E-state index contributed by atoms with van der Waals surface area (Å²) >= 11 is 1.54. The molecule has 9 heteroatoms. The van der Waals surface area contributed by atoms with Gasteiger partial charge in [0.05, 0.1) is 5.92 Å². The van der Waals surface area contributed by atoms with Crippen molar-refractivity contribution in [3.8, 4) is 0 Å². The van der Waals surface area contributed by atoms with Crippen LogP contribution in [0.15, 0.2) is 51.2 Å². The average molecular weight is 472 g/mol. The first-order chi connectivity index (χ1) is 15.3. The summed E-state index contributed by atoms with van der Waals surface area (Å²) in [6.45, 7) is 4.07. The van der Waals surface area contributed by atoms with Gasteiger partial charge in [-0.25, -0.2) is 8.42 Å². The fourth-order valence-electron chi connectivity index (χ4n) is 3.73. The van der Waals surface area contributed by atoms with E-state index in [0.29, 0.717) is 30.8 Å². The van der Waals surface area contributed by atoms with Gasteiger partial charge in [-0.05, 0) is 62.4 Å². The standard InChI is InChI=1S/C23H25N3O4S2/c1-16-7-9-19(10-8-16)24-23(27)18-5-3-13-26(15-18)32(28,29)22-17(2)25-30-21(22)12-11-20-6-4-14-31-20/h4,6-12,14,18H,3,5,13,15H2,1-2H3,(H,24,27)/b12-11+/t18-/m1/s1. The molecule has 0 radical (unpaired) electrons. The number of thiophene rings is 1. The smallest absolute Gasteiger partial charge is 0.248 e. The van der Waals surface area contributed by atoms with Crippen molar-refractivity contribution in [2.24, 2.45) is 5.92 Å². The van der Waals surface area contributed by atoms with Gasteiger partial charge in [0.1, 0.15) is 5.69 Å². The second kappa shape index (κ2) is 9.40. The van der Waals surface area contributed by atoms with E-state index in [-0.39, 0.29) is 23.1 Å². The van der Waals surface area contributed by atoms with Crippen LogP contribution in [0.3, 0.4) is 0 Å². The van der Waals surface area contributed by atoms with Crippen LogP contribution in [-0.4, -0.2) is 36.9 Å². The van der Waals surface area contributed by atoms with Crippen LogP contribution >= 0.6 is 11.3 Å². The van der Waals surface area contributed by atoms with Gasteiger partial charge < -0.3 is 9.84 Å². The number of benzene rings is 1. The summed E-state index contributed by atoms with van der Waals surface area (Å²) in [6, 6.07) is 11.4. The summed E-state index contributed by atoms with van der Waals surface area (Å²) in [5, 5.41) is 8.73. The minimum atomic E-state index is -3.87. The van der Waals surface area contributed by atoms with Crippen LogP contribution in [0.2, 0.25) is 0 Å². The lowest BCUT2D eigenvalue weighted by atomic mass is 9.98. The van der Waals surface area contributed by atoms with Crippen LogP contribution in [0.5, 0.6) is 0 Å². The van der Waals surface area contributed by atoms with E-state index >= 15 is 0 Å². The molecule has 1 aromatic carbocycles. The highest BCUT2D eigenvalue weighted by atomic mass is 32.2. The molecule has 1 aliphatic heterocycles. The van der Waals surface area contributed by atoms with Crippen LogP contribution in [-0.2, 0) is 14.8 Å². The number of carbonyl (C=O) groups excluding carboxylic acids is 1. The highest BCUT2D eigenvalue weighted by molar-refractivity contribution is 7.89. The van der Waals surface area contributed by atoms with Crippen molar-refractivity contribution >= 4 is 45.1 Å². The molecule has 0 spiro atoms. The van der Waals surface area contributed by atoms with Gasteiger partial charge in [-0.3, -0.25) is 4.79 Å². The number of hydrogen-bond donors (Lipinski definition) is 1. The van der Waals surface area contributed by atoms with E-state index in [0.717, 1.165) is 10.4 Å². The average Bonchev–Trinajstić information content (AvgIpc) is 3.43. The maximum atomic E-state index is 13.5. The van der Waals surface area contributed by atoms with E-state index in [2.05, 4.69) is 10.5 Å². The molecule has 168 valence electrons. The van der Waals surface area contributed by atoms with Gasteiger partial charge in [0.15, 0.2) is 10.7 Å². The summed E-state index contributed by atoms with van der Waals surface area (Å²) < 4.78 is 33.6. The van der Waals surface area contributed by atoms with Crippen LogP contribution < -0.4 is 5.32 Å². The third-order valence-corrected chi connectivity index (χ3v) is 8.31. The van der Waals surface area contributed by atoms with Crippen molar-refractivity contribution in [1.29, 1.82) is 0 Å². The van der Waals surface area contributed by atoms with Crippen LogP contribution in [0, 0.1) is 19.8 Å². The molecule has 0 aliphatic carbocycles. The molecule has 1 aliphatic rings. The van der Waals surface area contributed by atoms with Gasteiger partial charge in [-0.15, -0.1) is 11.3 Å². The Hall–Kier alpha value is -2.75. The number of carbonyl (C=O) groups is 1. The van der Waals surface area contributed by atoms with Crippen molar-refractivity contribution in [1.82, 2.24) is 9.46 Å². The van der Waals surface area contributed by atoms with Crippen molar-refractivity contribution in [3.05, 3.63) is 63.7 Å². The zero-order valence-electron chi connectivity index (χ0n) is 17.9. The number of nitrogens with zero attached hydrogens (tertiary/aromatic N) is 2. The lowest BCUT2D eigenvalue weighted by Gasteiger charge is -2.31. The molecule has 4 rings (SSSR count). The molecule has 3 heterocycles. The van der Waals surface area contributed by atoms with Gasteiger partial charge in [-0.1, -0.05) is 28.9 Å². The Kier molecular flexibility index (Phi) is 6.59. The Morgan fingerprint density at radius 1 is 1.22 bits per heavy atom. The largest absolute Gasteiger partial charge is 0.355 e. The summed E-state index contributed by atoms with van der Waals surface area (Å²) in [7, 11) is -3.87. The van der Waals surface area contributed by atoms with Crippen molar-refractivity contribution < 1.29 is 17.7 Å². The van der Waals surface area contributed by atoms with E-state index in [1.165, 1.54) is 4.31 Å². The van der Waals surface area contributed by atoms with Gasteiger partial charge >= 0.3 is 0 Å². The highest BCUT2D eigenvalue weighted by Crippen LogP contribution is 2.30. The molecule has 0 saturated carbocycles. The molecular weight excluding hydrogens is 446 g/mol. The number of amides is 1. The fraction of sp³-hybridized carbons (Fsp3) is 0.304. The molecule has 32 heavy (non-hydrogen) atoms. The van der Waals surface area contributed by atoms with E-state index in [1.807, 2.05) is 48.7 Å². The van der Waals surface area contributed by atoms with Crippen molar-refractivity contribution in [2.75, 3.05) is 18.4 Å². The molecular formula is C23H25N3O4S2. The number of anilines is 1. The minimum Gasteiger partial charge on any atom is -0.355 e. The second-order valence-electron chi connectivity index (χ2n) is 7.87. The Balaban J connectivity index is 1.52.